The molecule has 0 aliphatic carbocycles. The highest BCUT2D eigenvalue weighted by atomic mass is 16.5. The van der Waals surface area contributed by atoms with E-state index in [4.69, 9.17) is 9.84 Å². The van der Waals surface area contributed by atoms with Crippen molar-refractivity contribution in [3.8, 4) is 5.75 Å². The van der Waals surface area contributed by atoms with Crippen molar-refractivity contribution in [2.75, 3.05) is 7.11 Å². The van der Waals surface area contributed by atoms with Gasteiger partial charge in [0, 0.05) is 10.9 Å². The first-order chi connectivity index (χ1) is 9.78. The molecule has 0 saturated carbocycles. The number of aryl methyl sites for hydroxylation is 1. The first-order valence-corrected chi connectivity index (χ1v) is 6.50. The summed E-state index contributed by atoms with van der Waals surface area (Å²) in [6.07, 6.45) is 0. The average molecular weight is 263 g/mol. The standard InChI is InChI=1S/C16H13N3O/c1-10-12-9-11(20-2)7-8-13(12)18-19-15-6-4-3-5-14(15)17-16(10)19/h3-9H,1-2H3. The van der Waals surface area contributed by atoms with Crippen molar-refractivity contribution < 1.29 is 4.74 Å². The summed E-state index contributed by atoms with van der Waals surface area (Å²) >= 11 is 0. The Bertz CT molecular complexity index is 956. The number of benzene rings is 2. The first kappa shape index (κ1) is 11.2. The van der Waals surface area contributed by atoms with E-state index in [0.29, 0.717) is 0 Å². The molecule has 4 nitrogen and oxygen atoms in total. The number of para-hydroxylation sites is 2. The van der Waals surface area contributed by atoms with Crippen LogP contribution < -0.4 is 4.74 Å². The van der Waals surface area contributed by atoms with Crippen molar-refractivity contribution in [1.82, 2.24) is 14.6 Å². The molecule has 4 aromatic rings. The Hall–Kier alpha value is -2.62. The van der Waals surface area contributed by atoms with Gasteiger partial charge >= 0.3 is 0 Å². The van der Waals surface area contributed by atoms with Crippen LogP contribution in [0.5, 0.6) is 5.75 Å². The van der Waals surface area contributed by atoms with Crippen LogP contribution in [0.3, 0.4) is 0 Å². The number of methoxy groups -OCH3 is 1. The quantitative estimate of drug-likeness (QED) is 0.528. The molecular formula is C16H13N3O. The number of fused-ring (bicyclic) bond motifs is 4. The third-order valence-electron chi connectivity index (χ3n) is 3.69. The van der Waals surface area contributed by atoms with Gasteiger partial charge in [0.25, 0.3) is 0 Å². The van der Waals surface area contributed by atoms with Gasteiger partial charge in [0.2, 0.25) is 0 Å². The fraction of sp³-hybridized carbons (Fsp3) is 0.125. The van der Waals surface area contributed by atoms with Crippen LogP contribution in [-0.2, 0) is 0 Å². The zero-order chi connectivity index (χ0) is 13.7. The minimum atomic E-state index is 0.836. The highest BCUT2D eigenvalue weighted by Crippen LogP contribution is 2.26. The average Bonchev–Trinajstić information content (AvgIpc) is 2.86. The molecule has 4 heteroatoms. The van der Waals surface area contributed by atoms with Gasteiger partial charge in [0.15, 0.2) is 5.65 Å². The van der Waals surface area contributed by atoms with E-state index in [2.05, 4.69) is 11.9 Å². The topological polar surface area (TPSA) is 39.4 Å². The van der Waals surface area contributed by atoms with Gasteiger partial charge in [0.05, 0.1) is 23.7 Å². The Labute approximate surface area is 115 Å². The summed E-state index contributed by atoms with van der Waals surface area (Å²) in [6.45, 7) is 2.07. The third kappa shape index (κ3) is 1.42. The molecule has 0 spiro atoms. The molecule has 0 unspecified atom stereocenters. The number of ether oxygens (including phenoxy) is 1. The molecule has 0 N–H and O–H groups in total. The molecule has 2 aromatic heterocycles. The van der Waals surface area contributed by atoms with E-state index < -0.39 is 0 Å². The van der Waals surface area contributed by atoms with Gasteiger partial charge in [-0.25, -0.2) is 9.50 Å². The van der Waals surface area contributed by atoms with Crippen LogP contribution in [0.2, 0.25) is 0 Å². The summed E-state index contributed by atoms with van der Waals surface area (Å²) in [5.41, 5.74) is 4.95. The van der Waals surface area contributed by atoms with Crippen molar-refractivity contribution in [1.29, 1.82) is 0 Å². The smallest absolute Gasteiger partial charge is 0.158 e. The molecule has 2 aromatic carbocycles. The maximum Gasteiger partial charge on any atom is 0.158 e. The zero-order valence-corrected chi connectivity index (χ0v) is 11.3. The lowest BCUT2D eigenvalue weighted by Crippen LogP contribution is -1.96. The number of nitrogens with zero attached hydrogens (tertiary/aromatic N) is 3. The van der Waals surface area contributed by atoms with Crippen LogP contribution in [0, 0.1) is 6.92 Å². The summed E-state index contributed by atoms with van der Waals surface area (Å²) in [5, 5.41) is 5.78. The Morgan fingerprint density at radius 3 is 2.75 bits per heavy atom. The van der Waals surface area contributed by atoms with Gasteiger partial charge in [-0.2, -0.15) is 5.10 Å². The molecular weight excluding hydrogens is 250 g/mol. The third-order valence-corrected chi connectivity index (χ3v) is 3.69. The second kappa shape index (κ2) is 3.93. The highest BCUT2D eigenvalue weighted by molar-refractivity contribution is 5.90. The number of rotatable bonds is 1. The number of hydrogen-bond donors (Lipinski definition) is 0. The fourth-order valence-electron chi connectivity index (χ4n) is 2.62. The van der Waals surface area contributed by atoms with Gasteiger partial charge in [-0.05, 0) is 37.3 Å². The summed E-state index contributed by atoms with van der Waals surface area (Å²) < 4.78 is 7.21. The van der Waals surface area contributed by atoms with Gasteiger partial charge in [-0.1, -0.05) is 12.1 Å². The van der Waals surface area contributed by atoms with E-state index >= 15 is 0 Å². The Morgan fingerprint density at radius 1 is 1.05 bits per heavy atom. The Morgan fingerprint density at radius 2 is 1.90 bits per heavy atom. The molecule has 0 amide bonds. The van der Waals surface area contributed by atoms with E-state index in [1.165, 1.54) is 0 Å². The second-order valence-corrected chi connectivity index (χ2v) is 4.84. The first-order valence-electron chi connectivity index (χ1n) is 6.50. The van der Waals surface area contributed by atoms with E-state index in [1.807, 2.05) is 47.0 Å². The number of imidazole rings is 1. The summed E-state index contributed by atoms with van der Waals surface area (Å²) in [4.78, 5) is 4.68. The summed E-state index contributed by atoms with van der Waals surface area (Å²) in [7, 11) is 1.67. The molecule has 98 valence electrons. The van der Waals surface area contributed by atoms with Crippen LogP contribution >= 0.6 is 0 Å². The van der Waals surface area contributed by atoms with Crippen LogP contribution in [0.15, 0.2) is 42.5 Å². The molecule has 0 saturated heterocycles. The lowest BCUT2D eigenvalue weighted by molar-refractivity contribution is 0.415. The second-order valence-electron chi connectivity index (χ2n) is 4.84. The largest absolute Gasteiger partial charge is 0.497 e. The molecule has 0 bridgehead atoms. The van der Waals surface area contributed by atoms with Crippen LogP contribution in [0.4, 0.5) is 0 Å². The molecule has 0 aliphatic rings. The van der Waals surface area contributed by atoms with Crippen molar-refractivity contribution in [3.05, 3.63) is 48.0 Å². The molecule has 0 fully saturated rings. The van der Waals surface area contributed by atoms with Crippen LogP contribution in [0.25, 0.3) is 27.6 Å². The van der Waals surface area contributed by atoms with Crippen LogP contribution in [0.1, 0.15) is 5.56 Å². The van der Waals surface area contributed by atoms with Crippen LogP contribution in [-0.4, -0.2) is 21.7 Å². The summed E-state index contributed by atoms with van der Waals surface area (Å²) in [5.74, 6) is 0.836. The lowest BCUT2D eigenvalue weighted by atomic mass is 10.1. The van der Waals surface area contributed by atoms with Crippen molar-refractivity contribution in [3.63, 3.8) is 0 Å². The van der Waals surface area contributed by atoms with Gasteiger partial charge in [-0.15, -0.1) is 0 Å². The van der Waals surface area contributed by atoms with Crippen molar-refractivity contribution in [2.45, 2.75) is 6.92 Å². The summed E-state index contributed by atoms with van der Waals surface area (Å²) in [6, 6.07) is 14.0. The van der Waals surface area contributed by atoms with Crippen molar-refractivity contribution >= 4 is 27.6 Å². The predicted molar refractivity (Wildman–Crippen MR) is 79.3 cm³/mol. The van der Waals surface area contributed by atoms with Gasteiger partial charge in [0.1, 0.15) is 5.75 Å². The Kier molecular flexibility index (Phi) is 2.21. The molecule has 4 rings (SSSR count). The normalized spacial score (nSPS) is 11.5. The highest BCUT2D eigenvalue weighted by Gasteiger charge is 2.11. The maximum atomic E-state index is 5.29. The molecule has 0 atom stereocenters. The fourth-order valence-corrected chi connectivity index (χ4v) is 2.62. The van der Waals surface area contributed by atoms with E-state index in [0.717, 1.165) is 38.9 Å². The molecule has 0 radical (unpaired) electrons. The monoisotopic (exact) mass is 263 g/mol. The van der Waals surface area contributed by atoms with Gasteiger partial charge in [-0.3, -0.25) is 0 Å². The van der Waals surface area contributed by atoms with Crippen molar-refractivity contribution in [2.24, 2.45) is 0 Å². The zero-order valence-electron chi connectivity index (χ0n) is 11.3. The molecule has 20 heavy (non-hydrogen) atoms. The SMILES string of the molecule is COc1ccc2nn3c(nc4ccccc43)c(C)c2c1. The molecule has 2 heterocycles. The van der Waals surface area contributed by atoms with E-state index in [-0.39, 0.29) is 0 Å². The minimum Gasteiger partial charge on any atom is -0.497 e. The van der Waals surface area contributed by atoms with E-state index in [1.54, 1.807) is 7.11 Å². The number of aromatic nitrogens is 3. The minimum absolute atomic E-state index is 0.836. The lowest BCUT2D eigenvalue weighted by Gasteiger charge is -2.06. The Balaban J connectivity index is 2.21. The number of hydrogen-bond acceptors (Lipinski definition) is 3. The molecule has 0 aliphatic heterocycles. The van der Waals surface area contributed by atoms with Gasteiger partial charge < -0.3 is 4.74 Å². The maximum absolute atomic E-state index is 5.29. The predicted octanol–water partition coefficient (Wildman–Crippen LogP) is 3.35. The van der Waals surface area contributed by atoms with E-state index in [9.17, 15) is 0 Å².